The van der Waals surface area contributed by atoms with Crippen LogP contribution in [-0.4, -0.2) is 39.2 Å². The standard InChI is InChI=1S/C33H25N3O4/c1-21(37)39-18-19-40-24-16-17-29(30(38)20-24)33-35-31(27-14-6-10-22-8-2-4-12-25(22)27)34-32(36-33)28-15-7-11-23-9-3-5-13-26(23)28/h2-17,20,38H,18-19H2,1H3. The Balaban J connectivity index is 1.48. The Morgan fingerprint density at radius 2 is 1.18 bits per heavy atom. The molecule has 0 amide bonds. The minimum atomic E-state index is -0.374. The number of phenolic OH excluding ortho intramolecular Hbond substituents is 1. The monoisotopic (exact) mass is 527 g/mol. The molecule has 40 heavy (non-hydrogen) atoms. The largest absolute Gasteiger partial charge is 0.507 e. The van der Waals surface area contributed by atoms with Gasteiger partial charge in [-0.25, -0.2) is 15.0 Å². The SMILES string of the molecule is CC(=O)OCCOc1ccc(-c2nc(-c3cccc4ccccc34)nc(-c3cccc4ccccc34)n2)c(O)c1. The van der Waals surface area contributed by atoms with Crippen LogP contribution in [-0.2, 0) is 9.53 Å². The Hall–Kier alpha value is -5.30. The lowest BCUT2D eigenvalue weighted by Crippen LogP contribution is -2.09. The van der Waals surface area contributed by atoms with E-state index in [1.165, 1.54) is 13.0 Å². The number of benzene rings is 5. The molecule has 0 fully saturated rings. The van der Waals surface area contributed by atoms with Gasteiger partial charge in [0.15, 0.2) is 17.5 Å². The summed E-state index contributed by atoms with van der Waals surface area (Å²) in [6, 6.07) is 33.2. The summed E-state index contributed by atoms with van der Waals surface area (Å²) in [5.41, 5.74) is 2.18. The Morgan fingerprint density at radius 3 is 1.73 bits per heavy atom. The average Bonchev–Trinajstić information content (AvgIpc) is 2.98. The third kappa shape index (κ3) is 5.05. The van der Waals surface area contributed by atoms with E-state index in [1.807, 2.05) is 60.7 Å². The first kappa shape index (κ1) is 25.0. The molecule has 0 saturated heterocycles. The second-order valence-electron chi connectivity index (χ2n) is 9.23. The molecule has 1 heterocycles. The van der Waals surface area contributed by atoms with E-state index < -0.39 is 0 Å². The van der Waals surface area contributed by atoms with Gasteiger partial charge in [-0.1, -0.05) is 84.9 Å². The van der Waals surface area contributed by atoms with Crippen molar-refractivity contribution in [2.75, 3.05) is 13.2 Å². The lowest BCUT2D eigenvalue weighted by Gasteiger charge is -2.13. The number of rotatable bonds is 7. The van der Waals surface area contributed by atoms with Crippen molar-refractivity contribution >= 4 is 27.5 Å². The number of carbonyl (C=O) groups is 1. The van der Waals surface area contributed by atoms with Gasteiger partial charge in [0.25, 0.3) is 0 Å². The summed E-state index contributed by atoms with van der Waals surface area (Å²) >= 11 is 0. The number of hydrogen-bond acceptors (Lipinski definition) is 7. The van der Waals surface area contributed by atoms with Crippen molar-refractivity contribution < 1.29 is 19.4 Å². The quantitative estimate of drug-likeness (QED) is 0.180. The number of nitrogens with zero attached hydrogens (tertiary/aromatic N) is 3. The number of phenols is 1. The van der Waals surface area contributed by atoms with Gasteiger partial charge in [0.2, 0.25) is 0 Å². The van der Waals surface area contributed by atoms with Crippen molar-refractivity contribution in [3.63, 3.8) is 0 Å². The van der Waals surface area contributed by atoms with Gasteiger partial charge in [0.05, 0.1) is 5.56 Å². The van der Waals surface area contributed by atoms with Gasteiger partial charge in [0.1, 0.15) is 24.7 Å². The van der Waals surface area contributed by atoms with Gasteiger partial charge < -0.3 is 14.6 Å². The maximum absolute atomic E-state index is 11.0. The van der Waals surface area contributed by atoms with Crippen LogP contribution < -0.4 is 4.74 Å². The zero-order valence-corrected chi connectivity index (χ0v) is 21.7. The van der Waals surface area contributed by atoms with Gasteiger partial charge in [-0.15, -0.1) is 0 Å². The molecule has 6 aromatic rings. The molecule has 0 radical (unpaired) electrons. The Labute approximate surface area is 230 Å². The molecule has 0 saturated carbocycles. The highest BCUT2D eigenvalue weighted by Gasteiger charge is 2.17. The van der Waals surface area contributed by atoms with E-state index in [1.54, 1.807) is 12.1 Å². The fourth-order valence-corrected chi connectivity index (χ4v) is 4.71. The van der Waals surface area contributed by atoms with E-state index in [0.717, 1.165) is 32.7 Å². The fraction of sp³-hybridized carbons (Fsp3) is 0.0909. The molecule has 0 aliphatic rings. The van der Waals surface area contributed by atoms with Gasteiger partial charge >= 0.3 is 5.97 Å². The van der Waals surface area contributed by atoms with Gasteiger partial charge in [-0.2, -0.15) is 0 Å². The maximum Gasteiger partial charge on any atom is 0.302 e. The summed E-state index contributed by atoms with van der Waals surface area (Å²) in [5, 5.41) is 15.2. The van der Waals surface area contributed by atoms with Crippen LogP contribution in [0, 0.1) is 0 Å². The third-order valence-corrected chi connectivity index (χ3v) is 6.56. The summed E-state index contributed by atoms with van der Waals surface area (Å²) in [4.78, 5) is 25.6. The van der Waals surface area contributed by atoms with Crippen LogP contribution in [0.2, 0.25) is 0 Å². The zero-order chi connectivity index (χ0) is 27.5. The van der Waals surface area contributed by atoms with Crippen LogP contribution in [0.25, 0.3) is 55.7 Å². The Morgan fingerprint density at radius 1 is 0.650 bits per heavy atom. The number of esters is 1. The van der Waals surface area contributed by atoms with E-state index in [2.05, 4.69) is 24.3 Å². The van der Waals surface area contributed by atoms with Crippen LogP contribution in [0.3, 0.4) is 0 Å². The van der Waals surface area contributed by atoms with Crippen molar-refractivity contribution in [2.24, 2.45) is 0 Å². The molecule has 0 spiro atoms. The summed E-state index contributed by atoms with van der Waals surface area (Å²) in [6.45, 7) is 1.63. The Bertz CT molecular complexity index is 1760. The number of fused-ring (bicyclic) bond motifs is 2. The third-order valence-electron chi connectivity index (χ3n) is 6.56. The number of aromatic nitrogens is 3. The maximum atomic E-state index is 11.0. The van der Waals surface area contributed by atoms with E-state index in [-0.39, 0.29) is 24.9 Å². The number of aromatic hydroxyl groups is 1. The van der Waals surface area contributed by atoms with Crippen molar-refractivity contribution in [2.45, 2.75) is 6.92 Å². The van der Waals surface area contributed by atoms with Gasteiger partial charge in [-0.3, -0.25) is 4.79 Å². The van der Waals surface area contributed by atoms with E-state index >= 15 is 0 Å². The highest BCUT2D eigenvalue weighted by atomic mass is 16.6. The molecule has 0 aliphatic heterocycles. The van der Waals surface area contributed by atoms with Gasteiger partial charge in [0, 0.05) is 24.1 Å². The molecule has 0 aliphatic carbocycles. The van der Waals surface area contributed by atoms with Crippen LogP contribution >= 0.6 is 0 Å². The number of ether oxygens (including phenoxy) is 2. The molecule has 5 aromatic carbocycles. The molecule has 0 atom stereocenters. The van der Waals surface area contributed by atoms with Crippen molar-refractivity contribution in [3.05, 3.63) is 103 Å². The second-order valence-corrected chi connectivity index (χ2v) is 9.23. The first-order valence-electron chi connectivity index (χ1n) is 12.9. The van der Waals surface area contributed by atoms with E-state index in [9.17, 15) is 9.90 Å². The number of hydrogen-bond donors (Lipinski definition) is 1. The molecule has 7 nitrogen and oxygen atoms in total. The van der Waals surface area contributed by atoms with Crippen LogP contribution in [0.1, 0.15) is 6.92 Å². The number of carbonyl (C=O) groups excluding carboxylic acids is 1. The zero-order valence-electron chi connectivity index (χ0n) is 21.7. The minimum absolute atomic E-state index is 0.0380. The van der Waals surface area contributed by atoms with Crippen molar-refractivity contribution in [3.8, 4) is 45.7 Å². The topological polar surface area (TPSA) is 94.4 Å². The van der Waals surface area contributed by atoms with Crippen LogP contribution in [0.4, 0.5) is 0 Å². The molecular formula is C33H25N3O4. The predicted octanol–water partition coefficient (Wildman–Crippen LogP) is 6.83. The predicted molar refractivity (Wildman–Crippen MR) is 155 cm³/mol. The molecular weight excluding hydrogens is 502 g/mol. The van der Waals surface area contributed by atoms with E-state index in [4.69, 9.17) is 24.4 Å². The molecule has 1 N–H and O–H groups in total. The summed E-state index contributed by atoms with van der Waals surface area (Å²) in [7, 11) is 0. The van der Waals surface area contributed by atoms with E-state index in [0.29, 0.717) is 28.8 Å². The first-order valence-corrected chi connectivity index (χ1v) is 12.9. The average molecular weight is 528 g/mol. The highest BCUT2D eigenvalue weighted by molar-refractivity contribution is 5.97. The first-order chi connectivity index (χ1) is 19.6. The molecule has 0 unspecified atom stereocenters. The summed E-state index contributed by atoms with van der Waals surface area (Å²) in [5.74, 6) is 1.37. The molecule has 0 bridgehead atoms. The fourth-order valence-electron chi connectivity index (χ4n) is 4.71. The van der Waals surface area contributed by atoms with Crippen LogP contribution in [0.15, 0.2) is 103 Å². The van der Waals surface area contributed by atoms with Crippen LogP contribution in [0.5, 0.6) is 11.5 Å². The highest BCUT2D eigenvalue weighted by Crippen LogP contribution is 2.35. The summed E-state index contributed by atoms with van der Waals surface area (Å²) < 4.78 is 10.5. The Kier molecular flexibility index (Phi) is 6.77. The molecule has 7 heteroatoms. The lowest BCUT2D eigenvalue weighted by molar-refractivity contribution is -0.141. The molecule has 6 rings (SSSR count). The molecule has 1 aromatic heterocycles. The summed E-state index contributed by atoms with van der Waals surface area (Å²) in [6.07, 6.45) is 0. The van der Waals surface area contributed by atoms with Gasteiger partial charge in [-0.05, 0) is 33.7 Å². The van der Waals surface area contributed by atoms with Crippen molar-refractivity contribution in [1.82, 2.24) is 15.0 Å². The molecule has 196 valence electrons. The van der Waals surface area contributed by atoms with Crippen molar-refractivity contribution in [1.29, 1.82) is 0 Å². The normalized spacial score (nSPS) is 11.0. The smallest absolute Gasteiger partial charge is 0.302 e. The second kappa shape index (κ2) is 10.8. The lowest BCUT2D eigenvalue weighted by atomic mass is 10.0. The minimum Gasteiger partial charge on any atom is -0.507 e.